The van der Waals surface area contributed by atoms with Crippen molar-refractivity contribution >= 4 is 27.5 Å². The number of anilines is 1. The summed E-state index contributed by atoms with van der Waals surface area (Å²) in [6.45, 7) is 0.742. The summed E-state index contributed by atoms with van der Waals surface area (Å²) in [5, 5.41) is 5.94. The maximum absolute atomic E-state index is 12.2. The molecule has 0 unspecified atom stereocenters. The van der Waals surface area contributed by atoms with Crippen molar-refractivity contribution in [3.05, 3.63) is 82.8 Å². The summed E-state index contributed by atoms with van der Waals surface area (Å²) in [5.74, 6) is 0. The molecule has 0 bridgehead atoms. The second-order valence-electron chi connectivity index (χ2n) is 5.45. The van der Waals surface area contributed by atoms with Crippen molar-refractivity contribution in [2.75, 3.05) is 5.32 Å². The number of nitrogens with zero attached hydrogens (tertiary/aromatic N) is 1. The minimum atomic E-state index is -0.110. The Hall–Kier alpha value is -3.14. The van der Waals surface area contributed by atoms with Gasteiger partial charge in [-0.2, -0.15) is 0 Å². The molecule has 0 radical (unpaired) electrons. The lowest BCUT2D eigenvalue weighted by Crippen LogP contribution is -2.07. The lowest BCUT2D eigenvalue weighted by molar-refractivity contribution is 1.15. The third kappa shape index (κ3) is 2.55. The van der Waals surface area contributed by atoms with E-state index in [1.807, 2.05) is 48.5 Å². The highest BCUT2D eigenvalue weighted by Gasteiger charge is 2.06. The van der Waals surface area contributed by atoms with E-state index in [4.69, 9.17) is 0 Å². The summed E-state index contributed by atoms with van der Waals surface area (Å²) < 4.78 is 0. The molecule has 0 aliphatic heterocycles. The van der Waals surface area contributed by atoms with Crippen LogP contribution >= 0.6 is 0 Å². The number of H-pyrrole nitrogens is 1. The van der Waals surface area contributed by atoms with E-state index in [-0.39, 0.29) is 5.56 Å². The van der Waals surface area contributed by atoms with Crippen molar-refractivity contribution in [3.63, 3.8) is 0 Å². The first-order valence-corrected chi connectivity index (χ1v) is 7.50. The highest BCUT2D eigenvalue weighted by atomic mass is 16.1. The van der Waals surface area contributed by atoms with E-state index in [0.717, 1.165) is 23.0 Å². The zero-order valence-electron chi connectivity index (χ0n) is 12.4. The molecule has 23 heavy (non-hydrogen) atoms. The number of nitrogens with one attached hydrogen (secondary N) is 2. The van der Waals surface area contributed by atoms with Gasteiger partial charge in [0.2, 0.25) is 0 Å². The molecule has 0 saturated heterocycles. The Morgan fingerprint density at radius 3 is 2.65 bits per heavy atom. The Labute approximate surface area is 132 Å². The first-order valence-electron chi connectivity index (χ1n) is 7.50. The van der Waals surface area contributed by atoms with Gasteiger partial charge in [0.25, 0.3) is 5.56 Å². The number of benzene rings is 2. The van der Waals surface area contributed by atoms with Crippen LogP contribution < -0.4 is 10.9 Å². The fraction of sp³-hybridized carbons (Fsp3) is 0.0526. The predicted molar refractivity (Wildman–Crippen MR) is 93.6 cm³/mol. The van der Waals surface area contributed by atoms with Gasteiger partial charge in [-0.3, -0.25) is 4.79 Å². The third-order valence-electron chi connectivity index (χ3n) is 3.93. The topological polar surface area (TPSA) is 57.8 Å². The van der Waals surface area contributed by atoms with Crippen LogP contribution in [0.15, 0.2) is 71.7 Å². The van der Waals surface area contributed by atoms with Gasteiger partial charge in [-0.15, -0.1) is 0 Å². The highest BCUT2D eigenvalue weighted by molar-refractivity contribution is 6.05. The standard InChI is InChI=1S/C19H15N3O/c23-19-16-9-8-14(21-12-13-5-2-1-3-6-13)11-17(16)15-7-4-10-20-18(15)22-19/h1-11,21H,12H2,(H,20,22,23). The van der Waals surface area contributed by atoms with E-state index in [0.29, 0.717) is 11.0 Å². The van der Waals surface area contributed by atoms with Gasteiger partial charge in [0, 0.05) is 34.6 Å². The summed E-state index contributed by atoms with van der Waals surface area (Å²) in [4.78, 5) is 19.2. The lowest BCUT2D eigenvalue weighted by atomic mass is 10.1. The summed E-state index contributed by atoms with van der Waals surface area (Å²) in [5.41, 5.74) is 2.70. The number of hydrogen-bond donors (Lipinski definition) is 2. The molecule has 0 aliphatic carbocycles. The number of pyridine rings is 2. The average molecular weight is 301 g/mol. The fourth-order valence-corrected chi connectivity index (χ4v) is 2.77. The highest BCUT2D eigenvalue weighted by Crippen LogP contribution is 2.23. The van der Waals surface area contributed by atoms with Crippen molar-refractivity contribution in [3.8, 4) is 0 Å². The van der Waals surface area contributed by atoms with E-state index >= 15 is 0 Å². The van der Waals surface area contributed by atoms with E-state index in [1.54, 1.807) is 6.20 Å². The maximum atomic E-state index is 12.2. The van der Waals surface area contributed by atoms with Gasteiger partial charge in [-0.1, -0.05) is 30.3 Å². The molecule has 2 N–H and O–H groups in total. The van der Waals surface area contributed by atoms with Gasteiger partial charge in [0.1, 0.15) is 5.65 Å². The van der Waals surface area contributed by atoms with Crippen molar-refractivity contribution < 1.29 is 0 Å². The number of hydrogen-bond acceptors (Lipinski definition) is 3. The van der Waals surface area contributed by atoms with Crippen molar-refractivity contribution in [1.29, 1.82) is 0 Å². The summed E-state index contributed by atoms with van der Waals surface area (Å²) in [7, 11) is 0. The largest absolute Gasteiger partial charge is 0.381 e. The second-order valence-corrected chi connectivity index (χ2v) is 5.45. The van der Waals surface area contributed by atoms with Crippen molar-refractivity contribution in [2.45, 2.75) is 6.54 Å². The Balaban J connectivity index is 1.77. The van der Waals surface area contributed by atoms with Crippen LogP contribution in [-0.2, 0) is 6.54 Å². The normalized spacial score (nSPS) is 11.0. The number of fused-ring (bicyclic) bond motifs is 3. The van der Waals surface area contributed by atoms with Crippen LogP contribution in [0.2, 0.25) is 0 Å². The quantitative estimate of drug-likeness (QED) is 0.567. The molecule has 4 rings (SSSR count). The van der Waals surface area contributed by atoms with E-state index < -0.39 is 0 Å². The summed E-state index contributed by atoms with van der Waals surface area (Å²) in [6.07, 6.45) is 1.68. The molecule has 0 atom stereocenters. The van der Waals surface area contributed by atoms with Crippen LogP contribution in [-0.4, -0.2) is 9.97 Å². The molecule has 0 aliphatic rings. The molecule has 2 heterocycles. The van der Waals surface area contributed by atoms with Gasteiger partial charge < -0.3 is 10.3 Å². The Kier molecular flexibility index (Phi) is 3.27. The molecule has 0 spiro atoms. The van der Waals surface area contributed by atoms with Crippen LogP contribution in [0, 0.1) is 0 Å². The minimum absolute atomic E-state index is 0.110. The van der Waals surface area contributed by atoms with E-state index in [1.165, 1.54) is 5.56 Å². The zero-order valence-corrected chi connectivity index (χ0v) is 12.4. The molecular formula is C19H15N3O. The van der Waals surface area contributed by atoms with Gasteiger partial charge in [-0.25, -0.2) is 4.98 Å². The summed E-state index contributed by atoms with van der Waals surface area (Å²) in [6, 6.07) is 19.9. The van der Waals surface area contributed by atoms with Crippen LogP contribution in [0.3, 0.4) is 0 Å². The number of aromatic amines is 1. The molecule has 4 heteroatoms. The van der Waals surface area contributed by atoms with E-state index in [2.05, 4.69) is 27.4 Å². The van der Waals surface area contributed by atoms with Gasteiger partial charge in [0.15, 0.2) is 0 Å². The predicted octanol–water partition coefficient (Wildman–Crippen LogP) is 3.69. The van der Waals surface area contributed by atoms with Crippen LogP contribution in [0.1, 0.15) is 5.56 Å². The van der Waals surface area contributed by atoms with Crippen LogP contribution in [0.4, 0.5) is 5.69 Å². The Morgan fingerprint density at radius 2 is 1.78 bits per heavy atom. The lowest BCUT2D eigenvalue weighted by Gasteiger charge is -2.09. The molecule has 112 valence electrons. The second kappa shape index (κ2) is 5.57. The van der Waals surface area contributed by atoms with Gasteiger partial charge in [0.05, 0.1) is 0 Å². The molecule has 0 saturated carbocycles. The molecular weight excluding hydrogens is 286 g/mol. The Bertz CT molecular complexity index is 1040. The van der Waals surface area contributed by atoms with Crippen molar-refractivity contribution in [1.82, 2.24) is 9.97 Å². The van der Waals surface area contributed by atoms with Crippen LogP contribution in [0.5, 0.6) is 0 Å². The monoisotopic (exact) mass is 301 g/mol. The first kappa shape index (κ1) is 13.5. The van der Waals surface area contributed by atoms with Gasteiger partial charge in [-0.05, 0) is 35.9 Å². The first-order chi connectivity index (χ1) is 11.3. The SMILES string of the molecule is O=c1[nH]c2ncccc2c2cc(NCc3ccccc3)ccc12. The van der Waals surface area contributed by atoms with Gasteiger partial charge >= 0.3 is 0 Å². The Morgan fingerprint density at radius 1 is 0.913 bits per heavy atom. The number of rotatable bonds is 3. The average Bonchev–Trinajstić information content (AvgIpc) is 2.61. The maximum Gasteiger partial charge on any atom is 0.257 e. The minimum Gasteiger partial charge on any atom is -0.381 e. The molecule has 0 fully saturated rings. The zero-order chi connectivity index (χ0) is 15.6. The van der Waals surface area contributed by atoms with E-state index in [9.17, 15) is 4.79 Å². The number of aromatic nitrogens is 2. The fourth-order valence-electron chi connectivity index (χ4n) is 2.77. The smallest absolute Gasteiger partial charge is 0.257 e. The van der Waals surface area contributed by atoms with Crippen LogP contribution in [0.25, 0.3) is 21.8 Å². The molecule has 2 aromatic heterocycles. The molecule has 0 amide bonds. The molecule has 4 aromatic rings. The third-order valence-corrected chi connectivity index (χ3v) is 3.93. The molecule has 2 aromatic carbocycles. The summed E-state index contributed by atoms with van der Waals surface area (Å²) >= 11 is 0. The molecule has 4 nitrogen and oxygen atoms in total. The van der Waals surface area contributed by atoms with Crippen molar-refractivity contribution in [2.24, 2.45) is 0 Å².